The smallest absolute Gasteiger partial charge is 0.382 e. The molecule has 0 aliphatic carbocycles. The Kier molecular flexibility index (Phi) is 7.03. The van der Waals surface area contributed by atoms with Crippen LogP contribution in [0.2, 0.25) is 5.02 Å². The SMILES string of the molecule is Cc1ccccc1-n1nc(Cn2nc(-c3ccc(Cl)cc3)n(CC(O)C(F)(F)F)c2=O)nc1C(C)N. The lowest BCUT2D eigenvalue weighted by atomic mass is 10.2. The van der Waals surface area contributed by atoms with Gasteiger partial charge in [0.2, 0.25) is 0 Å². The molecule has 190 valence electrons. The number of rotatable bonds is 7. The van der Waals surface area contributed by atoms with Gasteiger partial charge in [-0.05, 0) is 49.7 Å². The molecule has 2 heterocycles. The summed E-state index contributed by atoms with van der Waals surface area (Å²) in [7, 11) is 0. The number of alkyl halides is 3. The van der Waals surface area contributed by atoms with Gasteiger partial charge in [0.25, 0.3) is 0 Å². The zero-order valence-corrected chi connectivity index (χ0v) is 20.1. The van der Waals surface area contributed by atoms with Crippen LogP contribution < -0.4 is 11.4 Å². The molecule has 4 aromatic rings. The van der Waals surface area contributed by atoms with Gasteiger partial charge < -0.3 is 10.8 Å². The van der Waals surface area contributed by atoms with Gasteiger partial charge in [0.1, 0.15) is 12.4 Å². The van der Waals surface area contributed by atoms with Crippen LogP contribution in [0.5, 0.6) is 0 Å². The predicted octanol–water partition coefficient (Wildman–Crippen LogP) is 3.25. The second-order valence-corrected chi connectivity index (χ2v) is 8.75. The van der Waals surface area contributed by atoms with Gasteiger partial charge in [0.05, 0.1) is 18.3 Å². The Labute approximate surface area is 208 Å². The van der Waals surface area contributed by atoms with Crippen molar-refractivity contribution in [2.45, 2.75) is 45.3 Å². The molecule has 0 saturated carbocycles. The van der Waals surface area contributed by atoms with Gasteiger partial charge in [-0.1, -0.05) is 29.8 Å². The fraction of sp³-hybridized carbons (Fsp3) is 0.304. The Morgan fingerprint density at radius 1 is 1.11 bits per heavy atom. The molecule has 2 atom stereocenters. The average molecular weight is 522 g/mol. The van der Waals surface area contributed by atoms with Crippen LogP contribution in [-0.4, -0.2) is 46.5 Å². The van der Waals surface area contributed by atoms with Gasteiger partial charge in [-0.25, -0.2) is 19.1 Å². The van der Waals surface area contributed by atoms with E-state index in [1.165, 1.54) is 24.3 Å². The molecule has 3 N–H and O–H groups in total. The summed E-state index contributed by atoms with van der Waals surface area (Å²) in [6, 6.07) is 13.0. The molecule has 13 heteroatoms. The number of aromatic nitrogens is 6. The van der Waals surface area contributed by atoms with Gasteiger partial charge in [-0.15, -0.1) is 10.2 Å². The Morgan fingerprint density at radius 3 is 2.39 bits per heavy atom. The number of aliphatic hydroxyl groups excluding tert-OH is 1. The van der Waals surface area contributed by atoms with Crippen LogP contribution in [0.3, 0.4) is 0 Å². The maximum atomic E-state index is 13.1. The highest BCUT2D eigenvalue weighted by Gasteiger charge is 2.39. The molecule has 2 unspecified atom stereocenters. The van der Waals surface area contributed by atoms with E-state index in [0.29, 0.717) is 16.4 Å². The van der Waals surface area contributed by atoms with Gasteiger partial charge in [-0.3, -0.25) is 4.57 Å². The zero-order valence-electron chi connectivity index (χ0n) is 19.3. The number of hydrogen-bond donors (Lipinski definition) is 2. The molecular weight excluding hydrogens is 499 g/mol. The van der Waals surface area contributed by atoms with Gasteiger partial charge in [-0.2, -0.15) is 13.2 Å². The van der Waals surface area contributed by atoms with Crippen LogP contribution in [0, 0.1) is 6.92 Å². The van der Waals surface area contributed by atoms with Crippen LogP contribution in [-0.2, 0) is 13.1 Å². The van der Waals surface area contributed by atoms with Crippen molar-refractivity contribution >= 4 is 11.6 Å². The molecular formula is C23H23ClF3N7O2. The van der Waals surface area contributed by atoms with Crippen LogP contribution in [0.4, 0.5) is 13.2 Å². The first-order chi connectivity index (χ1) is 17.0. The van der Waals surface area contributed by atoms with E-state index in [0.717, 1.165) is 20.5 Å². The summed E-state index contributed by atoms with van der Waals surface area (Å²) in [6.07, 6.45) is -7.68. The quantitative estimate of drug-likeness (QED) is 0.385. The first kappa shape index (κ1) is 25.6. The average Bonchev–Trinajstić information content (AvgIpc) is 3.36. The van der Waals surface area contributed by atoms with Crippen LogP contribution in [0.25, 0.3) is 17.1 Å². The molecule has 9 nitrogen and oxygen atoms in total. The van der Waals surface area contributed by atoms with E-state index in [2.05, 4.69) is 15.2 Å². The summed E-state index contributed by atoms with van der Waals surface area (Å²) in [5.41, 5.74) is 7.24. The summed E-state index contributed by atoms with van der Waals surface area (Å²) in [6.45, 7) is 2.38. The van der Waals surface area contributed by atoms with E-state index in [1.54, 1.807) is 11.6 Å². The molecule has 0 radical (unpaired) electrons. The first-order valence-electron chi connectivity index (χ1n) is 10.9. The Balaban J connectivity index is 1.78. The van der Waals surface area contributed by atoms with Crippen molar-refractivity contribution in [2.75, 3.05) is 0 Å². The summed E-state index contributed by atoms with van der Waals surface area (Å²) < 4.78 is 42.5. The largest absolute Gasteiger partial charge is 0.416 e. The minimum Gasteiger partial charge on any atom is -0.382 e. The molecule has 0 fully saturated rings. The van der Waals surface area contributed by atoms with Gasteiger partial charge in [0.15, 0.2) is 17.8 Å². The van der Waals surface area contributed by atoms with E-state index in [1.807, 2.05) is 31.2 Å². The number of hydrogen-bond acceptors (Lipinski definition) is 6. The van der Waals surface area contributed by atoms with Crippen molar-refractivity contribution in [2.24, 2.45) is 5.73 Å². The lowest BCUT2D eigenvalue weighted by Crippen LogP contribution is -2.37. The molecule has 0 amide bonds. The maximum Gasteiger partial charge on any atom is 0.416 e. The predicted molar refractivity (Wildman–Crippen MR) is 127 cm³/mol. The monoisotopic (exact) mass is 521 g/mol. The third-order valence-corrected chi connectivity index (χ3v) is 5.73. The van der Waals surface area contributed by atoms with Gasteiger partial charge >= 0.3 is 11.9 Å². The normalized spacial score (nSPS) is 13.7. The molecule has 0 aliphatic heterocycles. The molecule has 0 saturated heterocycles. The fourth-order valence-corrected chi connectivity index (χ4v) is 3.77. The van der Waals surface area contributed by atoms with E-state index in [4.69, 9.17) is 17.3 Å². The highest BCUT2D eigenvalue weighted by molar-refractivity contribution is 6.30. The van der Waals surface area contributed by atoms with Crippen LogP contribution >= 0.6 is 11.6 Å². The van der Waals surface area contributed by atoms with E-state index in [9.17, 15) is 23.1 Å². The van der Waals surface area contributed by atoms with E-state index < -0.39 is 30.6 Å². The number of aryl methyl sites for hydroxylation is 1. The van der Waals surface area contributed by atoms with Crippen LogP contribution in [0.15, 0.2) is 53.3 Å². The summed E-state index contributed by atoms with van der Waals surface area (Å²) in [5, 5.41) is 18.8. The number of nitrogens with two attached hydrogens (primary N) is 1. The van der Waals surface area contributed by atoms with Crippen LogP contribution in [0.1, 0.15) is 30.2 Å². The van der Waals surface area contributed by atoms with Crippen molar-refractivity contribution in [1.82, 2.24) is 29.1 Å². The van der Waals surface area contributed by atoms with Crippen molar-refractivity contribution in [3.05, 3.63) is 81.3 Å². The third-order valence-electron chi connectivity index (χ3n) is 5.48. The topological polar surface area (TPSA) is 117 Å². The summed E-state index contributed by atoms with van der Waals surface area (Å²) in [5.74, 6) is 0.569. The zero-order chi connectivity index (χ0) is 26.2. The van der Waals surface area contributed by atoms with Crippen molar-refractivity contribution in [1.29, 1.82) is 0 Å². The Bertz CT molecular complexity index is 1420. The minimum atomic E-state index is -4.92. The van der Waals surface area contributed by atoms with Crippen molar-refractivity contribution in [3.63, 3.8) is 0 Å². The Morgan fingerprint density at radius 2 is 1.78 bits per heavy atom. The van der Waals surface area contributed by atoms with E-state index in [-0.39, 0.29) is 18.2 Å². The number of aliphatic hydroxyl groups is 1. The molecule has 0 bridgehead atoms. The molecule has 4 rings (SSSR count). The minimum absolute atomic E-state index is 0.0641. The fourth-order valence-electron chi connectivity index (χ4n) is 3.64. The lowest BCUT2D eigenvalue weighted by Gasteiger charge is -2.15. The molecule has 2 aromatic heterocycles. The molecule has 2 aromatic carbocycles. The molecule has 0 aliphatic rings. The number of halogens is 4. The lowest BCUT2D eigenvalue weighted by molar-refractivity contribution is -0.207. The summed E-state index contributed by atoms with van der Waals surface area (Å²) >= 11 is 5.92. The highest BCUT2D eigenvalue weighted by Crippen LogP contribution is 2.24. The second kappa shape index (κ2) is 9.88. The Hall–Kier alpha value is -3.48. The molecule has 36 heavy (non-hydrogen) atoms. The number of para-hydroxylation sites is 1. The first-order valence-corrected chi connectivity index (χ1v) is 11.3. The number of benzene rings is 2. The number of nitrogens with zero attached hydrogens (tertiary/aromatic N) is 6. The standard InChI is InChI=1S/C23H23ClF3N7O2/c1-13-5-3-4-6-17(13)34-20(14(2)28)29-19(30-34)12-33-22(36)32(11-18(35)23(25,26)27)21(31-33)15-7-9-16(24)10-8-15/h3-10,14,18,35H,11-12,28H2,1-2H3. The molecule has 0 spiro atoms. The third kappa shape index (κ3) is 5.20. The van der Waals surface area contributed by atoms with E-state index >= 15 is 0 Å². The van der Waals surface area contributed by atoms with Crippen molar-refractivity contribution in [3.8, 4) is 17.1 Å². The summed E-state index contributed by atoms with van der Waals surface area (Å²) in [4.78, 5) is 17.6. The van der Waals surface area contributed by atoms with Gasteiger partial charge in [0, 0.05) is 10.6 Å². The maximum absolute atomic E-state index is 13.1. The van der Waals surface area contributed by atoms with Crippen molar-refractivity contribution < 1.29 is 18.3 Å². The highest BCUT2D eigenvalue weighted by atomic mass is 35.5. The second-order valence-electron chi connectivity index (χ2n) is 8.31.